The second-order valence-electron chi connectivity index (χ2n) is 10.0. The van der Waals surface area contributed by atoms with E-state index in [0.29, 0.717) is 0 Å². The van der Waals surface area contributed by atoms with Crippen molar-refractivity contribution in [1.29, 1.82) is 0 Å². The van der Waals surface area contributed by atoms with Gasteiger partial charge in [0.25, 0.3) is 0 Å². The van der Waals surface area contributed by atoms with Crippen LogP contribution in [0.5, 0.6) is 0 Å². The maximum atomic E-state index is 4.50. The Morgan fingerprint density at radius 1 is 0.452 bits per heavy atom. The minimum Gasteiger partial charge on any atom is -0.0756 e. The Labute approximate surface area is 205 Å². The molecule has 0 atom stereocenters. The highest BCUT2D eigenvalue weighted by atomic mass is 79.9. The van der Waals surface area contributed by atoms with E-state index in [-0.39, 0.29) is 4.32 Å². The zero-order valence-corrected chi connectivity index (χ0v) is 23.6. The average molecular weight is 496 g/mol. The first-order valence-electron chi connectivity index (χ1n) is 14.2. The van der Waals surface area contributed by atoms with Crippen LogP contribution in [0, 0.1) is 0 Å². The van der Waals surface area contributed by atoms with Crippen LogP contribution in [0.2, 0.25) is 0 Å². The quantitative estimate of drug-likeness (QED) is 0.116. The van der Waals surface area contributed by atoms with E-state index >= 15 is 0 Å². The Kier molecular flexibility index (Phi) is 16.3. The molecule has 0 saturated heterocycles. The number of rotatable bonds is 20. The van der Waals surface area contributed by atoms with Gasteiger partial charge in [-0.1, -0.05) is 121 Å². The molecule has 0 aliphatic heterocycles. The normalized spacial score (nSPS) is 16.1. The summed E-state index contributed by atoms with van der Waals surface area (Å²) in [5.74, 6) is 0. The lowest BCUT2D eigenvalue weighted by molar-refractivity contribution is 0.567. The molecule has 182 valence electrons. The lowest BCUT2D eigenvalue weighted by Gasteiger charge is -2.31. The van der Waals surface area contributed by atoms with Gasteiger partial charge in [-0.2, -0.15) is 0 Å². The Morgan fingerprint density at radius 3 is 1.13 bits per heavy atom. The Balaban J connectivity index is 3.34. The van der Waals surface area contributed by atoms with Crippen molar-refractivity contribution in [1.82, 2.24) is 0 Å². The molecule has 0 unspecified atom stereocenters. The molecule has 1 rings (SSSR count). The van der Waals surface area contributed by atoms with Crippen LogP contribution in [-0.2, 0) is 0 Å². The van der Waals surface area contributed by atoms with E-state index in [1.807, 2.05) is 22.3 Å². The first-order chi connectivity index (χ1) is 15.1. The predicted molar refractivity (Wildman–Crippen MR) is 146 cm³/mol. The smallest absolute Gasteiger partial charge is 0.0686 e. The molecular formula is C30H55Br. The molecule has 0 radical (unpaired) electrons. The molecule has 0 aromatic rings. The Bertz CT molecular complexity index is 485. The van der Waals surface area contributed by atoms with Gasteiger partial charge in [0.2, 0.25) is 0 Å². The van der Waals surface area contributed by atoms with Crippen LogP contribution in [0.25, 0.3) is 0 Å². The molecule has 0 bridgehead atoms. The second kappa shape index (κ2) is 17.4. The summed E-state index contributed by atoms with van der Waals surface area (Å²) in [6.07, 6.45) is 27.0. The SMILES string of the molecule is CCCCCC1=C(CCCCC)C(Br)(CCCCC)C(CCCCC)=C1CCCCC. The van der Waals surface area contributed by atoms with Crippen LogP contribution in [0.1, 0.15) is 163 Å². The van der Waals surface area contributed by atoms with E-state index in [4.69, 9.17) is 0 Å². The zero-order chi connectivity index (χ0) is 23.0. The van der Waals surface area contributed by atoms with Crippen molar-refractivity contribution in [2.75, 3.05) is 0 Å². The molecule has 0 fully saturated rings. The second-order valence-corrected chi connectivity index (χ2v) is 11.4. The van der Waals surface area contributed by atoms with Gasteiger partial charge >= 0.3 is 0 Å². The van der Waals surface area contributed by atoms with Crippen molar-refractivity contribution in [3.63, 3.8) is 0 Å². The first kappa shape index (κ1) is 29.0. The predicted octanol–water partition coefficient (Wildman–Crippen LogP) is 11.6. The summed E-state index contributed by atoms with van der Waals surface area (Å²) in [6, 6.07) is 0. The molecule has 1 aliphatic rings. The minimum absolute atomic E-state index is 0.187. The highest BCUT2D eigenvalue weighted by Gasteiger charge is 2.42. The fourth-order valence-corrected chi connectivity index (χ4v) is 6.61. The number of alkyl halides is 1. The van der Waals surface area contributed by atoms with Crippen LogP contribution in [0.4, 0.5) is 0 Å². The summed E-state index contributed by atoms with van der Waals surface area (Å²) in [7, 11) is 0. The first-order valence-corrected chi connectivity index (χ1v) is 15.0. The Hall–Kier alpha value is -0.0400. The van der Waals surface area contributed by atoms with E-state index < -0.39 is 0 Å². The van der Waals surface area contributed by atoms with Crippen LogP contribution >= 0.6 is 15.9 Å². The van der Waals surface area contributed by atoms with Gasteiger partial charge in [0.1, 0.15) is 0 Å². The monoisotopic (exact) mass is 494 g/mol. The van der Waals surface area contributed by atoms with E-state index in [0.717, 1.165) is 0 Å². The van der Waals surface area contributed by atoms with Crippen molar-refractivity contribution in [3.8, 4) is 0 Å². The zero-order valence-electron chi connectivity index (χ0n) is 22.0. The van der Waals surface area contributed by atoms with Crippen LogP contribution in [0.15, 0.2) is 22.3 Å². The molecule has 0 aromatic carbocycles. The van der Waals surface area contributed by atoms with Gasteiger partial charge in [-0.3, -0.25) is 0 Å². The van der Waals surface area contributed by atoms with Crippen LogP contribution in [-0.4, -0.2) is 4.32 Å². The molecule has 0 spiro atoms. The molecule has 0 N–H and O–H groups in total. The van der Waals surface area contributed by atoms with Crippen LogP contribution in [0.3, 0.4) is 0 Å². The number of hydrogen-bond donors (Lipinski definition) is 0. The van der Waals surface area contributed by atoms with Crippen molar-refractivity contribution < 1.29 is 0 Å². The lowest BCUT2D eigenvalue weighted by Crippen LogP contribution is -2.25. The Morgan fingerprint density at radius 2 is 0.774 bits per heavy atom. The molecule has 1 aliphatic carbocycles. The third-order valence-electron chi connectivity index (χ3n) is 7.30. The molecule has 1 heteroatoms. The lowest BCUT2D eigenvalue weighted by atomic mass is 9.84. The molecule has 31 heavy (non-hydrogen) atoms. The van der Waals surface area contributed by atoms with Gasteiger partial charge in [-0.25, -0.2) is 0 Å². The summed E-state index contributed by atoms with van der Waals surface area (Å²) in [4.78, 5) is 0. The maximum absolute atomic E-state index is 4.50. The van der Waals surface area contributed by atoms with Gasteiger partial charge < -0.3 is 0 Å². The standard InChI is InChI=1S/C30H55Br/c1-6-11-16-21-26-27(22-17-12-7-2)29(24-19-14-9-4)30(31,25-20-15-10-5)28(26)23-18-13-8-3/h6-25H2,1-5H3. The van der Waals surface area contributed by atoms with Crippen molar-refractivity contribution >= 4 is 15.9 Å². The van der Waals surface area contributed by atoms with Crippen molar-refractivity contribution in [2.24, 2.45) is 0 Å². The fourth-order valence-electron chi connectivity index (χ4n) is 5.45. The third kappa shape index (κ3) is 9.38. The number of unbranched alkanes of at least 4 members (excludes halogenated alkanes) is 10. The van der Waals surface area contributed by atoms with Gasteiger partial charge in [0.15, 0.2) is 0 Å². The average Bonchev–Trinajstić information content (AvgIpc) is 2.97. The van der Waals surface area contributed by atoms with E-state index in [1.54, 1.807) is 0 Å². The van der Waals surface area contributed by atoms with Crippen LogP contribution < -0.4 is 0 Å². The molecule has 0 amide bonds. The fraction of sp³-hybridized carbons (Fsp3) is 0.867. The van der Waals surface area contributed by atoms with Gasteiger partial charge in [-0.05, 0) is 80.1 Å². The number of allylic oxidation sites excluding steroid dienone is 4. The van der Waals surface area contributed by atoms with Crippen molar-refractivity contribution in [2.45, 2.75) is 167 Å². The topological polar surface area (TPSA) is 0 Å². The molecular weight excluding hydrogens is 440 g/mol. The van der Waals surface area contributed by atoms with Gasteiger partial charge in [0, 0.05) is 0 Å². The summed E-state index contributed by atoms with van der Waals surface area (Å²) >= 11 is 4.50. The summed E-state index contributed by atoms with van der Waals surface area (Å²) < 4.78 is 0.187. The molecule has 0 aromatic heterocycles. The van der Waals surface area contributed by atoms with E-state index in [9.17, 15) is 0 Å². The number of hydrogen-bond acceptors (Lipinski definition) is 0. The molecule has 0 saturated carbocycles. The van der Waals surface area contributed by atoms with E-state index in [2.05, 4.69) is 50.5 Å². The largest absolute Gasteiger partial charge is 0.0756 e. The molecule has 0 heterocycles. The van der Waals surface area contributed by atoms with Crippen molar-refractivity contribution in [3.05, 3.63) is 22.3 Å². The summed E-state index contributed by atoms with van der Waals surface area (Å²) in [5, 5.41) is 0. The number of halogens is 1. The highest BCUT2D eigenvalue weighted by molar-refractivity contribution is 9.10. The summed E-state index contributed by atoms with van der Waals surface area (Å²) in [5.41, 5.74) is 7.29. The summed E-state index contributed by atoms with van der Waals surface area (Å²) in [6.45, 7) is 11.7. The van der Waals surface area contributed by atoms with Gasteiger partial charge in [-0.15, -0.1) is 0 Å². The third-order valence-corrected chi connectivity index (χ3v) is 8.65. The molecule has 0 nitrogen and oxygen atoms in total. The highest BCUT2D eigenvalue weighted by Crippen LogP contribution is 2.55. The maximum Gasteiger partial charge on any atom is 0.0686 e. The van der Waals surface area contributed by atoms with E-state index in [1.165, 1.54) is 128 Å². The van der Waals surface area contributed by atoms with Gasteiger partial charge in [0.05, 0.1) is 4.32 Å². The minimum atomic E-state index is 0.187.